The predicted molar refractivity (Wildman–Crippen MR) is 125 cm³/mol. The molecule has 0 aromatic heterocycles. The zero-order valence-electron chi connectivity index (χ0n) is 21.1. The van der Waals surface area contributed by atoms with Crippen molar-refractivity contribution in [1.82, 2.24) is 0 Å². The summed E-state index contributed by atoms with van der Waals surface area (Å²) in [5.41, 5.74) is 0. The fourth-order valence-corrected chi connectivity index (χ4v) is 2.00. The first-order valence-corrected chi connectivity index (χ1v) is 11.5. The van der Waals surface area contributed by atoms with Gasteiger partial charge in [-0.2, -0.15) is 0 Å². The van der Waals surface area contributed by atoms with Crippen LogP contribution in [0.15, 0.2) is 0 Å². The van der Waals surface area contributed by atoms with Gasteiger partial charge < -0.3 is 20.4 Å². The SMILES string of the molecule is CC(C)CCCO.CC(C)CCCO.CC(C)CCCO.CC(C)CCCO.[Ti]. The van der Waals surface area contributed by atoms with E-state index in [9.17, 15) is 0 Å². The second-order valence-corrected chi connectivity index (χ2v) is 9.04. The molecule has 0 fully saturated rings. The maximum Gasteiger partial charge on any atom is 0.0431 e. The molecule has 0 heterocycles. The molecule has 0 aromatic carbocycles. The molecular formula is C24H56O4Ti. The molecule has 29 heavy (non-hydrogen) atoms. The van der Waals surface area contributed by atoms with E-state index in [2.05, 4.69) is 55.4 Å². The van der Waals surface area contributed by atoms with E-state index in [0.29, 0.717) is 26.4 Å². The molecule has 0 aromatic rings. The third kappa shape index (κ3) is 73.5. The van der Waals surface area contributed by atoms with Crippen LogP contribution in [0.4, 0.5) is 0 Å². The van der Waals surface area contributed by atoms with Crippen LogP contribution in [-0.4, -0.2) is 46.9 Å². The summed E-state index contributed by atoms with van der Waals surface area (Å²) >= 11 is 0. The summed E-state index contributed by atoms with van der Waals surface area (Å²) in [6, 6.07) is 0. The summed E-state index contributed by atoms with van der Waals surface area (Å²) in [6.45, 7) is 18.7. The van der Waals surface area contributed by atoms with Crippen molar-refractivity contribution in [2.75, 3.05) is 26.4 Å². The largest absolute Gasteiger partial charge is 0.396 e. The summed E-state index contributed by atoms with van der Waals surface area (Å²) in [6.07, 6.45) is 8.42. The number of rotatable bonds is 12. The smallest absolute Gasteiger partial charge is 0.0431 e. The van der Waals surface area contributed by atoms with Crippen molar-refractivity contribution in [1.29, 1.82) is 0 Å². The monoisotopic (exact) mass is 456 g/mol. The Hall–Kier alpha value is 0.554. The van der Waals surface area contributed by atoms with Crippen LogP contribution < -0.4 is 0 Å². The number of aliphatic hydroxyl groups excluding tert-OH is 4. The summed E-state index contributed by atoms with van der Waals surface area (Å²) in [7, 11) is 0. The van der Waals surface area contributed by atoms with E-state index in [4.69, 9.17) is 20.4 Å². The van der Waals surface area contributed by atoms with Gasteiger partial charge in [-0.1, -0.05) is 55.4 Å². The summed E-state index contributed by atoms with van der Waals surface area (Å²) in [5.74, 6) is 2.97. The van der Waals surface area contributed by atoms with Gasteiger partial charge in [0, 0.05) is 48.1 Å². The van der Waals surface area contributed by atoms with Gasteiger partial charge in [0.15, 0.2) is 0 Å². The van der Waals surface area contributed by atoms with Crippen LogP contribution in [0.1, 0.15) is 107 Å². The van der Waals surface area contributed by atoms with Crippen molar-refractivity contribution >= 4 is 0 Å². The number of hydrogen-bond acceptors (Lipinski definition) is 4. The van der Waals surface area contributed by atoms with Gasteiger partial charge >= 0.3 is 0 Å². The summed E-state index contributed by atoms with van der Waals surface area (Å²) < 4.78 is 0. The zero-order chi connectivity index (χ0) is 22.8. The van der Waals surface area contributed by atoms with E-state index in [1.165, 1.54) is 0 Å². The molecule has 0 radical (unpaired) electrons. The Morgan fingerprint density at radius 3 is 0.552 bits per heavy atom. The van der Waals surface area contributed by atoms with E-state index < -0.39 is 0 Å². The first-order chi connectivity index (χ1) is 13.1. The van der Waals surface area contributed by atoms with Crippen LogP contribution in [0.3, 0.4) is 0 Å². The fourth-order valence-electron chi connectivity index (χ4n) is 2.00. The summed E-state index contributed by atoms with van der Waals surface area (Å²) in [4.78, 5) is 0. The topological polar surface area (TPSA) is 80.9 Å². The Morgan fingerprint density at radius 1 is 0.379 bits per heavy atom. The molecule has 0 spiro atoms. The Bertz CT molecular complexity index is 187. The molecule has 0 saturated carbocycles. The predicted octanol–water partition coefficient (Wildman–Crippen LogP) is 5.66. The number of aliphatic hydroxyl groups is 4. The average molecular weight is 457 g/mol. The summed E-state index contributed by atoms with van der Waals surface area (Å²) in [5, 5.41) is 33.3. The van der Waals surface area contributed by atoms with Crippen LogP contribution in [-0.2, 0) is 21.7 Å². The Labute approximate surface area is 198 Å². The van der Waals surface area contributed by atoms with Crippen molar-refractivity contribution in [3.8, 4) is 0 Å². The third-order valence-corrected chi connectivity index (χ3v) is 3.76. The Balaban J connectivity index is -0.0000000873. The van der Waals surface area contributed by atoms with E-state index in [0.717, 1.165) is 75.0 Å². The van der Waals surface area contributed by atoms with Crippen molar-refractivity contribution < 1.29 is 42.1 Å². The fraction of sp³-hybridized carbons (Fsp3) is 1.00. The molecule has 0 amide bonds. The van der Waals surface area contributed by atoms with Crippen LogP contribution in [0.5, 0.6) is 0 Å². The molecule has 4 nitrogen and oxygen atoms in total. The molecule has 0 aliphatic rings. The van der Waals surface area contributed by atoms with Gasteiger partial charge in [0.1, 0.15) is 0 Å². The van der Waals surface area contributed by atoms with Gasteiger partial charge in [0.05, 0.1) is 0 Å². The first kappa shape index (κ1) is 40.0. The van der Waals surface area contributed by atoms with Gasteiger partial charge in [0.25, 0.3) is 0 Å². The molecule has 0 rings (SSSR count). The minimum Gasteiger partial charge on any atom is -0.396 e. The van der Waals surface area contributed by atoms with Gasteiger partial charge in [-0.3, -0.25) is 0 Å². The normalized spacial score (nSPS) is 9.93. The Kier molecular flexibility index (Phi) is 49.6. The zero-order valence-corrected chi connectivity index (χ0v) is 22.6. The van der Waals surface area contributed by atoms with Crippen molar-refractivity contribution in [3.05, 3.63) is 0 Å². The molecular weight excluding hydrogens is 400 g/mol. The minimum atomic E-state index is 0. The van der Waals surface area contributed by atoms with E-state index in [1.54, 1.807) is 0 Å². The second kappa shape index (κ2) is 36.0. The maximum absolute atomic E-state index is 8.32. The standard InChI is InChI=1S/4C6H14O.Ti/c4*1-6(2)4-3-5-7;/h4*6-7H,3-5H2,1-2H3;. The van der Waals surface area contributed by atoms with Gasteiger partial charge in [0.2, 0.25) is 0 Å². The van der Waals surface area contributed by atoms with Gasteiger partial charge in [-0.05, 0) is 75.0 Å². The molecule has 0 aliphatic carbocycles. The Morgan fingerprint density at radius 2 is 0.517 bits per heavy atom. The average Bonchev–Trinajstić information content (AvgIpc) is 2.62. The molecule has 180 valence electrons. The van der Waals surface area contributed by atoms with Crippen molar-refractivity contribution in [2.45, 2.75) is 107 Å². The van der Waals surface area contributed by atoms with Crippen LogP contribution in [0, 0.1) is 23.7 Å². The van der Waals surface area contributed by atoms with Crippen LogP contribution in [0.2, 0.25) is 0 Å². The van der Waals surface area contributed by atoms with E-state index in [-0.39, 0.29) is 21.7 Å². The van der Waals surface area contributed by atoms with Crippen LogP contribution in [0.25, 0.3) is 0 Å². The van der Waals surface area contributed by atoms with E-state index in [1.807, 2.05) is 0 Å². The molecule has 0 unspecified atom stereocenters. The molecule has 0 saturated heterocycles. The molecule has 4 N–H and O–H groups in total. The van der Waals surface area contributed by atoms with Gasteiger partial charge in [-0.25, -0.2) is 0 Å². The molecule has 0 atom stereocenters. The van der Waals surface area contributed by atoms with Crippen LogP contribution >= 0.6 is 0 Å². The second-order valence-electron chi connectivity index (χ2n) is 9.04. The minimum absolute atomic E-state index is 0. The maximum atomic E-state index is 8.32. The molecule has 0 aliphatic heterocycles. The van der Waals surface area contributed by atoms with Crippen molar-refractivity contribution in [3.63, 3.8) is 0 Å². The van der Waals surface area contributed by atoms with Gasteiger partial charge in [-0.15, -0.1) is 0 Å². The van der Waals surface area contributed by atoms with E-state index >= 15 is 0 Å². The first-order valence-electron chi connectivity index (χ1n) is 11.5. The third-order valence-electron chi connectivity index (χ3n) is 3.76. The molecule has 0 bridgehead atoms. The molecule has 5 heteroatoms. The number of hydrogen-bond donors (Lipinski definition) is 4. The quantitative estimate of drug-likeness (QED) is 0.286. The van der Waals surface area contributed by atoms with Crippen molar-refractivity contribution in [2.24, 2.45) is 23.7 Å².